The molecule has 0 radical (unpaired) electrons. The van der Waals surface area contributed by atoms with Crippen molar-refractivity contribution in [3.63, 3.8) is 0 Å². The summed E-state index contributed by atoms with van der Waals surface area (Å²) in [6, 6.07) is 6.97. The first-order valence-corrected chi connectivity index (χ1v) is 6.00. The largest absolute Gasteiger partial charge is 0.508 e. The van der Waals surface area contributed by atoms with Gasteiger partial charge in [-0.15, -0.1) is 0 Å². The minimum Gasteiger partial charge on any atom is -0.508 e. The smallest absolute Gasteiger partial charge is 0.254 e. The molecule has 0 bridgehead atoms. The molecule has 0 fully saturated rings. The lowest BCUT2D eigenvalue weighted by molar-refractivity contribution is -0.734. The van der Waals surface area contributed by atoms with E-state index in [9.17, 15) is 5.11 Å². The van der Waals surface area contributed by atoms with Crippen molar-refractivity contribution in [2.75, 3.05) is 6.26 Å². The number of hydrogen-bond acceptors (Lipinski definition) is 4. The quantitative estimate of drug-likeness (QED) is 0.630. The molecule has 0 amide bonds. The highest BCUT2D eigenvalue weighted by atomic mass is 32.2. The molecule has 5 heteroatoms. The van der Waals surface area contributed by atoms with Crippen LogP contribution in [0.5, 0.6) is 5.75 Å². The Bertz CT molecular complexity index is 499. The third kappa shape index (κ3) is 2.30. The van der Waals surface area contributed by atoms with Crippen molar-refractivity contribution in [3.8, 4) is 17.0 Å². The van der Waals surface area contributed by atoms with E-state index in [2.05, 4.69) is 10.1 Å². The zero-order chi connectivity index (χ0) is 11.5. The van der Waals surface area contributed by atoms with Gasteiger partial charge in [0.1, 0.15) is 11.4 Å². The van der Waals surface area contributed by atoms with Crippen LogP contribution in [-0.2, 0) is 7.05 Å². The summed E-state index contributed by atoms with van der Waals surface area (Å²) in [5.41, 5.74) is 1.81. The highest BCUT2D eigenvalue weighted by molar-refractivity contribution is 7.98. The number of aromatic nitrogens is 3. The van der Waals surface area contributed by atoms with Gasteiger partial charge in [0.25, 0.3) is 5.16 Å². The molecule has 2 rings (SSSR count). The topological polar surface area (TPSA) is 49.9 Å². The predicted molar refractivity (Wildman–Crippen MR) is 62.1 cm³/mol. The Morgan fingerprint density at radius 3 is 2.56 bits per heavy atom. The highest BCUT2D eigenvalue weighted by Crippen LogP contribution is 2.19. The van der Waals surface area contributed by atoms with E-state index >= 15 is 0 Å². The lowest BCUT2D eigenvalue weighted by Gasteiger charge is -2.00. The third-order valence-electron chi connectivity index (χ3n) is 2.11. The van der Waals surface area contributed by atoms with E-state index in [4.69, 9.17) is 0 Å². The van der Waals surface area contributed by atoms with Gasteiger partial charge in [-0.1, -0.05) is 16.4 Å². The van der Waals surface area contributed by atoms with Crippen LogP contribution in [0.1, 0.15) is 0 Å². The van der Waals surface area contributed by atoms with E-state index in [0.29, 0.717) is 0 Å². The first-order valence-electron chi connectivity index (χ1n) is 4.77. The highest BCUT2D eigenvalue weighted by Gasteiger charge is 2.09. The summed E-state index contributed by atoms with van der Waals surface area (Å²) in [5.74, 6) is 0.257. The Balaban J connectivity index is 2.47. The van der Waals surface area contributed by atoms with E-state index < -0.39 is 0 Å². The van der Waals surface area contributed by atoms with Crippen LogP contribution in [0.2, 0.25) is 0 Å². The van der Waals surface area contributed by atoms with Gasteiger partial charge >= 0.3 is 0 Å². The van der Waals surface area contributed by atoms with Crippen LogP contribution in [0.15, 0.2) is 35.6 Å². The molecule has 0 unspecified atom stereocenters. The molecule has 0 aliphatic rings. The standard InChI is InChI=1S/C11H11N3OS/c1-14-7-10(12-11(13-14)16-2)8-3-5-9(15)6-4-8/h3-7H,1-2H3/p+1. The van der Waals surface area contributed by atoms with Crippen LogP contribution in [0, 0.1) is 0 Å². The molecule has 82 valence electrons. The summed E-state index contributed by atoms with van der Waals surface area (Å²) in [7, 11) is 1.87. The summed E-state index contributed by atoms with van der Waals surface area (Å²) >= 11 is 1.50. The van der Waals surface area contributed by atoms with Crippen molar-refractivity contribution in [1.82, 2.24) is 10.1 Å². The molecule has 0 saturated carbocycles. The van der Waals surface area contributed by atoms with Crippen molar-refractivity contribution in [3.05, 3.63) is 30.5 Å². The van der Waals surface area contributed by atoms with Crippen molar-refractivity contribution >= 4 is 11.8 Å². The van der Waals surface area contributed by atoms with Gasteiger partial charge in [-0.2, -0.15) is 0 Å². The molecule has 1 heterocycles. The number of thioether (sulfide) groups is 1. The SMILES string of the molecule is CSc1nc(-c2ccc(O)cc2)c[n+](C)n1. The Labute approximate surface area is 98.0 Å². The molecule has 1 aromatic carbocycles. The van der Waals surface area contributed by atoms with Crippen LogP contribution in [0.3, 0.4) is 0 Å². The van der Waals surface area contributed by atoms with E-state index in [1.807, 2.05) is 31.6 Å². The van der Waals surface area contributed by atoms with Crippen LogP contribution in [-0.4, -0.2) is 21.4 Å². The fourth-order valence-corrected chi connectivity index (χ4v) is 1.75. The molecule has 0 atom stereocenters. The number of benzene rings is 1. The molecule has 16 heavy (non-hydrogen) atoms. The van der Waals surface area contributed by atoms with Gasteiger partial charge < -0.3 is 5.11 Å². The second kappa shape index (κ2) is 4.49. The molecule has 1 aromatic heterocycles. The number of phenols is 1. The zero-order valence-corrected chi connectivity index (χ0v) is 9.90. The van der Waals surface area contributed by atoms with Crippen LogP contribution in [0.25, 0.3) is 11.3 Å². The van der Waals surface area contributed by atoms with E-state index in [1.165, 1.54) is 11.8 Å². The van der Waals surface area contributed by atoms with Crippen molar-refractivity contribution in [2.45, 2.75) is 5.16 Å². The van der Waals surface area contributed by atoms with E-state index in [-0.39, 0.29) is 5.75 Å². The van der Waals surface area contributed by atoms with Crippen molar-refractivity contribution < 1.29 is 9.79 Å². The van der Waals surface area contributed by atoms with E-state index in [0.717, 1.165) is 16.4 Å². The summed E-state index contributed by atoms with van der Waals surface area (Å²) < 4.78 is 1.74. The molecule has 0 aliphatic heterocycles. The first-order chi connectivity index (χ1) is 7.69. The fraction of sp³-hybridized carbons (Fsp3) is 0.182. The first kappa shape index (κ1) is 10.9. The maximum atomic E-state index is 9.22. The number of aryl methyl sites for hydroxylation is 1. The number of phenolic OH excluding ortho intramolecular Hbond substituents is 1. The molecule has 2 aromatic rings. The summed E-state index contributed by atoms with van der Waals surface area (Å²) in [5, 5.41) is 14.2. The predicted octanol–water partition coefficient (Wildman–Crippen LogP) is 1.40. The van der Waals surface area contributed by atoms with Crippen LogP contribution >= 0.6 is 11.8 Å². The second-order valence-corrected chi connectivity index (χ2v) is 4.11. The Morgan fingerprint density at radius 1 is 1.25 bits per heavy atom. The summed E-state index contributed by atoms with van der Waals surface area (Å²) in [4.78, 5) is 4.40. The molecule has 4 nitrogen and oxygen atoms in total. The minimum atomic E-state index is 0.257. The van der Waals surface area contributed by atoms with Crippen molar-refractivity contribution in [1.29, 1.82) is 0 Å². The van der Waals surface area contributed by atoms with Gasteiger partial charge in [0, 0.05) is 10.7 Å². The summed E-state index contributed by atoms with van der Waals surface area (Å²) in [6.07, 6.45) is 3.79. The van der Waals surface area contributed by atoms with Gasteiger partial charge in [-0.25, -0.2) is 4.98 Å². The fourth-order valence-electron chi connectivity index (χ4n) is 1.35. The Kier molecular flexibility index (Phi) is 3.05. The average molecular weight is 234 g/mol. The second-order valence-electron chi connectivity index (χ2n) is 3.33. The van der Waals surface area contributed by atoms with Gasteiger partial charge in [-0.05, 0) is 30.5 Å². The van der Waals surface area contributed by atoms with Crippen LogP contribution < -0.4 is 4.68 Å². The van der Waals surface area contributed by atoms with Gasteiger partial charge in [0.2, 0.25) is 6.20 Å². The maximum absolute atomic E-state index is 9.22. The lowest BCUT2D eigenvalue weighted by atomic mass is 10.1. The third-order valence-corrected chi connectivity index (χ3v) is 2.65. The Hall–Kier alpha value is -1.62. The number of nitrogens with zero attached hydrogens (tertiary/aromatic N) is 3. The van der Waals surface area contributed by atoms with Crippen molar-refractivity contribution in [2.24, 2.45) is 7.05 Å². The molecular weight excluding hydrogens is 222 g/mol. The van der Waals surface area contributed by atoms with Gasteiger partial charge in [0.15, 0.2) is 7.05 Å². The minimum absolute atomic E-state index is 0.257. The maximum Gasteiger partial charge on any atom is 0.254 e. The van der Waals surface area contributed by atoms with Gasteiger partial charge in [-0.3, -0.25) is 0 Å². The monoisotopic (exact) mass is 234 g/mol. The molecule has 0 aliphatic carbocycles. The average Bonchev–Trinajstić information content (AvgIpc) is 2.29. The molecule has 0 spiro atoms. The number of rotatable bonds is 2. The number of aromatic hydroxyl groups is 1. The molecular formula is C11H12N3OS+. The molecule has 1 N–H and O–H groups in total. The van der Waals surface area contributed by atoms with Gasteiger partial charge in [0.05, 0.1) is 0 Å². The molecule has 0 saturated heterocycles. The zero-order valence-electron chi connectivity index (χ0n) is 9.08. The summed E-state index contributed by atoms with van der Waals surface area (Å²) in [6.45, 7) is 0. The Morgan fingerprint density at radius 2 is 1.94 bits per heavy atom. The normalized spacial score (nSPS) is 10.4. The number of hydrogen-bond donors (Lipinski definition) is 1. The van der Waals surface area contributed by atoms with Crippen LogP contribution in [0.4, 0.5) is 0 Å². The van der Waals surface area contributed by atoms with E-state index in [1.54, 1.807) is 16.8 Å². The lowest BCUT2D eigenvalue weighted by Crippen LogP contribution is -2.33.